The zero-order chi connectivity index (χ0) is 8.10. The number of rotatable bonds is 3. The van der Waals surface area contributed by atoms with Gasteiger partial charge in [-0.15, -0.1) is 0 Å². The number of ketones is 1. The highest BCUT2D eigenvalue weighted by Crippen LogP contribution is 2.04. The molecule has 0 atom stereocenters. The summed E-state index contributed by atoms with van der Waals surface area (Å²) in [5, 5.41) is 3.09. The first kappa shape index (κ1) is 8.00. The first-order valence-corrected chi connectivity index (χ1v) is 3.11. The molecule has 0 saturated carbocycles. The topological polar surface area (TPSA) is 84.3 Å². The third-order valence-electron chi connectivity index (χ3n) is 1.17. The summed E-state index contributed by atoms with van der Waals surface area (Å²) in [6.07, 6.45) is -0.819. The molecular formula is C5H7N3O3. The molecule has 6 nitrogen and oxygen atoms in total. The van der Waals surface area contributed by atoms with Gasteiger partial charge in [0.15, 0.2) is 5.78 Å². The fourth-order valence-electron chi connectivity index (χ4n) is 0.720. The monoisotopic (exact) mass is 157 g/mol. The maximum Gasteiger partial charge on any atom is 0.218 e. The molecule has 60 valence electrons. The van der Waals surface area contributed by atoms with E-state index in [0.29, 0.717) is 13.2 Å². The van der Waals surface area contributed by atoms with Gasteiger partial charge in [0.05, 0.1) is 19.8 Å². The lowest BCUT2D eigenvalue weighted by molar-refractivity contribution is -0.142. The molecule has 0 radical (unpaired) electrons. The third-order valence-corrected chi connectivity index (χ3v) is 1.17. The van der Waals surface area contributed by atoms with Crippen molar-refractivity contribution in [3.63, 3.8) is 0 Å². The van der Waals surface area contributed by atoms with Crippen molar-refractivity contribution in [3.05, 3.63) is 10.4 Å². The number of nitrogens with zero attached hydrogens (tertiary/aromatic N) is 3. The van der Waals surface area contributed by atoms with E-state index in [2.05, 4.69) is 10.0 Å². The van der Waals surface area contributed by atoms with Crippen LogP contribution in [-0.4, -0.2) is 31.8 Å². The van der Waals surface area contributed by atoms with E-state index in [-0.39, 0.29) is 12.3 Å². The minimum Gasteiger partial charge on any atom is -0.344 e. The quantitative estimate of drug-likeness (QED) is 0.334. The second-order valence-electron chi connectivity index (χ2n) is 1.93. The molecule has 1 heterocycles. The van der Waals surface area contributed by atoms with E-state index in [9.17, 15) is 4.79 Å². The van der Waals surface area contributed by atoms with Crippen LogP contribution in [0, 0.1) is 0 Å². The van der Waals surface area contributed by atoms with Crippen molar-refractivity contribution in [2.45, 2.75) is 6.29 Å². The average molecular weight is 157 g/mol. The summed E-state index contributed by atoms with van der Waals surface area (Å²) in [6.45, 7) is 0.639. The summed E-state index contributed by atoms with van der Waals surface area (Å²) in [4.78, 5) is 13.3. The number of carbonyl (C=O) groups is 1. The minimum atomic E-state index is -0.819. The number of azide groups is 1. The maximum atomic E-state index is 10.9. The van der Waals surface area contributed by atoms with Crippen LogP contribution in [0.1, 0.15) is 0 Å². The van der Waals surface area contributed by atoms with E-state index in [4.69, 9.17) is 15.0 Å². The highest BCUT2D eigenvalue weighted by atomic mass is 16.7. The van der Waals surface area contributed by atoms with Crippen molar-refractivity contribution < 1.29 is 14.3 Å². The minimum absolute atomic E-state index is 0.207. The van der Waals surface area contributed by atoms with Crippen LogP contribution >= 0.6 is 0 Å². The number of Topliss-reactive ketones (excluding diaryl/α,β-unsaturated/α-hetero) is 1. The smallest absolute Gasteiger partial charge is 0.218 e. The zero-order valence-corrected chi connectivity index (χ0v) is 5.77. The summed E-state index contributed by atoms with van der Waals surface area (Å²) < 4.78 is 9.71. The number of ether oxygens (including phenoxy) is 2. The molecule has 1 rings (SSSR count). The predicted molar refractivity (Wildman–Crippen MR) is 34.7 cm³/mol. The lowest BCUT2D eigenvalue weighted by Crippen LogP contribution is -2.23. The highest BCUT2D eigenvalue weighted by Gasteiger charge is 2.23. The zero-order valence-electron chi connectivity index (χ0n) is 5.77. The Hall–Kier alpha value is -1.10. The standard InChI is InChI=1S/C5H7N3O3/c6-8-7-3-4(9)5-10-1-2-11-5/h5H,1-3H2. The van der Waals surface area contributed by atoms with Gasteiger partial charge in [0, 0.05) is 4.91 Å². The van der Waals surface area contributed by atoms with Gasteiger partial charge in [-0.05, 0) is 5.53 Å². The molecule has 1 aliphatic rings. The number of carbonyl (C=O) groups excluding carboxylic acids is 1. The van der Waals surface area contributed by atoms with Gasteiger partial charge in [0.25, 0.3) is 0 Å². The Labute approximate surface area is 62.7 Å². The van der Waals surface area contributed by atoms with E-state index in [1.165, 1.54) is 0 Å². The molecule has 1 saturated heterocycles. The van der Waals surface area contributed by atoms with E-state index in [0.717, 1.165) is 0 Å². The molecule has 0 N–H and O–H groups in total. The van der Waals surface area contributed by atoms with E-state index in [1.54, 1.807) is 0 Å². The molecule has 1 fully saturated rings. The highest BCUT2D eigenvalue weighted by molar-refractivity contribution is 5.84. The Morgan fingerprint density at radius 1 is 1.64 bits per heavy atom. The Morgan fingerprint density at radius 3 is 2.82 bits per heavy atom. The van der Waals surface area contributed by atoms with Crippen LogP contribution in [0.15, 0.2) is 5.11 Å². The van der Waals surface area contributed by atoms with Gasteiger partial charge < -0.3 is 9.47 Å². The lowest BCUT2D eigenvalue weighted by atomic mass is 10.4. The summed E-state index contributed by atoms with van der Waals surface area (Å²) in [7, 11) is 0. The molecule has 0 aromatic rings. The van der Waals surface area contributed by atoms with Crippen LogP contribution < -0.4 is 0 Å². The van der Waals surface area contributed by atoms with Gasteiger partial charge in [-0.25, -0.2) is 0 Å². The summed E-state index contributed by atoms with van der Waals surface area (Å²) in [5.74, 6) is -0.333. The van der Waals surface area contributed by atoms with Gasteiger partial charge in [0.2, 0.25) is 6.29 Å². The maximum absolute atomic E-state index is 10.9. The molecule has 6 heteroatoms. The van der Waals surface area contributed by atoms with Crippen molar-refractivity contribution in [1.29, 1.82) is 0 Å². The van der Waals surface area contributed by atoms with Crippen molar-refractivity contribution >= 4 is 5.78 Å². The second-order valence-corrected chi connectivity index (χ2v) is 1.93. The number of hydrogen-bond donors (Lipinski definition) is 0. The SMILES string of the molecule is [N-]=[N+]=NCC(=O)C1OCCO1. The Balaban J connectivity index is 2.34. The normalized spacial score (nSPS) is 17.8. The van der Waals surface area contributed by atoms with E-state index >= 15 is 0 Å². The molecule has 0 bridgehead atoms. The van der Waals surface area contributed by atoms with Crippen LogP contribution in [-0.2, 0) is 14.3 Å². The van der Waals surface area contributed by atoms with Crippen molar-refractivity contribution in [2.75, 3.05) is 19.8 Å². The third kappa shape index (κ3) is 2.19. The molecule has 0 amide bonds. The Morgan fingerprint density at radius 2 is 2.27 bits per heavy atom. The molecular weight excluding hydrogens is 150 g/mol. The van der Waals surface area contributed by atoms with E-state index < -0.39 is 6.29 Å². The van der Waals surface area contributed by atoms with Crippen LogP contribution in [0.5, 0.6) is 0 Å². The first-order chi connectivity index (χ1) is 5.34. The fourth-order valence-corrected chi connectivity index (χ4v) is 0.720. The van der Waals surface area contributed by atoms with Crippen molar-refractivity contribution in [1.82, 2.24) is 0 Å². The number of hydrogen-bond acceptors (Lipinski definition) is 4. The van der Waals surface area contributed by atoms with Crippen LogP contribution in [0.2, 0.25) is 0 Å². The van der Waals surface area contributed by atoms with Crippen LogP contribution in [0.4, 0.5) is 0 Å². The van der Waals surface area contributed by atoms with Crippen molar-refractivity contribution in [2.24, 2.45) is 5.11 Å². The molecule has 1 aliphatic heterocycles. The van der Waals surface area contributed by atoms with Gasteiger partial charge >= 0.3 is 0 Å². The summed E-state index contributed by atoms with van der Waals surface area (Å²) in [6, 6.07) is 0. The molecule has 0 aliphatic carbocycles. The van der Waals surface area contributed by atoms with Gasteiger partial charge in [-0.2, -0.15) is 0 Å². The molecule has 0 aromatic heterocycles. The Kier molecular flexibility index (Phi) is 2.85. The van der Waals surface area contributed by atoms with E-state index in [1.807, 2.05) is 0 Å². The molecule has 0 aromatic carbocycles. The van der Waals surface area contributed by atoms with Crippen LogP contribution in [0.25, 0.3) is 10.4 Å². The Bertz CT molecular complexity index is 193. The first-order valence-electron chi connectivity index (χ1n) is 3.11. The summed E-state index contributed by atoms with van der Waals surface area (Å²) in [5.41, 5.74) is 7.88. The largest absolute Gasteiger partial charge is 0.344 e. The van der Waals surface area contributed by atoms with Gasteiger partial charge in [-0.1, -0.05) is 5.11 Å². The van der Waals surface area contributed by atoms with Crippen molar-refractivity contribution in [3.8, 4) is 0 Å². The molecule has 0 spiro atoms. The predicted octanol–water partition coefficient (Wildman–Crippen LogP) is 0.239. The average Bonchev–Trinajstić information content (AvgIpc) is 2.52. The summed E-state index contributed by atoms with van der Waals surface area (Å²) >= 11 is 0. The second kappa shape index (κ2) is 3.92. The fraction of sp³-hybridized carbons (Fsp3) is 0.800. The van der Waals surface area contributed by atoms with Gasteiger partial charge in [0.1, 0.15) is 0 Å². The van der Waals surface area contributed by atoms with Gasteiger partial charge in [-0.3, -0.25) is 4.79 Å². The molecule has 0 unspecified atom stereocenters. The van der Waals surface area contributed by atoms with Crippen LogP contribution in [0.3, 0.4) is 0 Å². The molecule has 11 heavy (non-hydrogen) atoms. The lowest BCUT2D eigenvalue weighted by Gasteiger charge is -2.03.